The third-order valence-electron chi connectivity index (χ3n) is 5.25. The zero-order chi connectivity index (χ0) is 22.3. The van der Waals surface area contributed by atoms with Gasteiger partial charge in [-0.05, 0) is 42.7 Å². The Morgan fingerprint density at radius 1 is 1.16 bits per heavy atom. The third kappa shape index (κ3) is 5.18. The van der Waals surface area contributed by atoms with E-state index in [1.54, 1.807) is 20.5 Å². The van der Waals surface area contributed by atoms with Gasteiger partial charge in [0.1, 0.15) is 5.76 Å². The SMILES string of the molecule is COc1ccc(CNC(=O)CSc2nnc(N3CCCC3)n2Cc2ccco2)cc1OC. The van der Waals surface area contributed by atoms with Crippen LogP contribution in [-0.2, 0) is 17.9 Å². The summed E-state index contributed by atoms with van der Waals surface area (Å²) in [6, 6.07) is 9.37. The summed E-state index contributed by atoms with van der Waals surface area (Å²) < 4.78 is 18.1. The molecule has 0 bridgehead atoms. The summed E-state index contributed by atoms with van der Waals surface area (Å²) in [5, 5.41) is 12.4. The molecule has 10 heteroatoms. The van der Waals surface area contributed by atoms with Crippen molar-refractivity contribution in [1.29, 1.82) is 0 Å². The fraction of sp³-hybridized carbons (Fsp3) is 0.409. The molecule has 1 aliphatic heterocycles. The molecule has 0 saturated carbocycles. The van der Waals surface area contributed by atoms with E-state index in [4.69, 9.17) is 13.9 Å². The lowest BCUT2D eigenvalue weighted by molar-refractivity contribution is -0.118. The fourth-order valence-electron chi connectivity index (χ4n) is 3.61. The molecule has 3 heterocycles. The number of anilines is 1. The van der Waals surface area contributed by atoms with Crippen molar-refractivity contribution in [1.82, 2.24) is 20.1 Å². The Bertz CT molecular complexity index is 1030. The zero-order valence-corrected chi connectivity index (χ0v) is 19.1. The molecule has 1 aliphatic rings. The van der Waals surface area contributed by atoms with Crippen LogP contribution >= 0.6 is 11.8 Å². The maximum absolute atomic E-state index is 12.5. The Balaban J connectivity index is 1.38. The number of rotatable bonds is 10. The second-order valence-electron chi connectivity index (χ2n) is 7.40. The van der Waals surface area contributed by atoms with Gasteiger partial charge in [0.05, 0.1) is 32.8 Å². The topological polar surface area (TPSA) is 94.7 Å². The van der Waals surface area contributed by atoms with Gasteiger partial charge in [0, 0.05) is 19.6 Å². The molecule has 32 heavy (non-hydrogen) atoms. The minimum Gasteiger partial charge on any atom is -0.493 e. The summed E-state index contributed by atoms with van der Waals surface area (Å²) >= 11 is 1.37. The number of hydrogen-bond donors (Lipinski definition) is 1. The molecule has 170 valence electrons. The number of thioether (sulfide) groups is 1. The zero-order valence-electron chi connectivity index (χ0n) is 18.2. The molecule has 4 rings (SSSR count). The van der Waals surface area contributed by atoms with Gasteiger partial charge in [-0.15, -0.1) is 10.2 Å². The predicted molar refractivity (Wildman–Crippen MR) is 121 cm³/mol. The van der Waals surface area contributed by atoms with E-state index < -0.39 is 0 Å². The summed E-state index contributed by atoms with van der Waals surface area (Å²) in [5.41, 5.74) is 0.929. The lowest BCUT2D eigenvalue weighted by atomic mass is 10.2. The maximum Gasteiger partial charge on any atom is 0.230 e. The number of benzene rings is 1. The van der Waals surface area contributed by atoms with Gasteiger partial charge in [-0.3, -0.25) is 9.36 Å². The van der Waals surface area contributed by atoms with E-state index in [9.17, 15) is 4.79 Å². The van der Waals surface area contributed by atoms with Crippen molar-refractivity contribution < 1.29 is 18.7 Å². The first-order valence-corrected chi connectivity index (χ1v) is 11.5. The number of ether oxygens (including phenoxy) is 2. The molecule has 0 unspecified atom stereocenters. The minimum atomic E-state index is -0.0833. The molecule has 1 N–H and O–H groups in total. The Hall–Kier alpha value is -3.14. The quantitative estimate of drug-likeness (QED) is 0.465. The van der Waals surface area contributed by atoms with Crippen molar-refractivity contribution in [2.45, 2.75) is 31.1 Å². The second kappa shape index (κ2) is 10.4. The van der Waals surface area contributed by atoms with E-state index >= 15 is 0 Å². The highest BCUT2D eigenvalue weighted by Gasteiger charge is 2.22. The van der Waals surface area contributed by atoms with Crippen molar-refractivity contribution in [3.05, 3.63) is 47.9 Å². The molecule has 0 aliphatic carbocycles. The van der Waals surface area contributed by atoms with Crippen molar-refractivity contribution in [2.24, 2.45) is 0 Å². The molecule has 2 aromatic heterocycles. The number of aromatic nitrogens is 3. The van der Waals surface area contributed by atoms with Crippen LogP contribution in [-0.4, -0.2) is 53.7 Å². The molecular weight excluding hydrogens is 430 g/mol. The van der Waals surface area contributed by atoms with Gasteiger partial charge >= 0.3 is 0 Å². The van der Waals surface area contributed by atoms with Gasteiger partial charge in [0.15, 0.2) is 16.7 Å². The minimum absolute atomic E-state index is 0.0833. The van der Waals surface area contributed by atoms with Crippen LogP contribution < -0.4 is 19.7 Å². The molecule has 0 radical (unpaired) electrons. The number of amides is 1. The van der Waals surface area contributed by atoms with E-state index in [0.717, 1.165) is 43.2 Å². The first-order chi connectivity index (χ1) is 15.7. The van der Waals surface area contributed by atoms with E-state index in [1.807, 2.05) is 34.9 Å². The molecule has 0 atom stereocenters. The van der Waals surface area contributed by atoms with Gasteiger partial charge in [-0.2, -0.15) is 0 Å². The van der Waals surface area contributed by atoms with Crippen LogP contribution in [0.3, 0.4) is 0 Å². The van der Waals surface area contributed by atoms with Crippen molar-refractivity contribution >= 4 is 23.6 Å². The standard InChI is InChI=1S/C22H27N5O4S/c1-29-18-8-7-16(12-19(18)30-2)13-23-20(28)15-32-22-25-24-21(26-9-3-4-10-26)27(22)14-17-6-5-11-31-17/h5-8,11-12H,3-4,9-10,13-15H2,1-2H3,(H,23,28). The first kappa shape index (κ1) is 22.1. The second-order valence-corrected chi connectivity index (χ2v) is 8.34. The van der Waals surface area contributed by atoms with E-state index in [2.05, 4.69) is 20.4 Å². The average molecular weight is 458 g/mol. The van der Waals surface area contributed by atoms with Crippen molar-refractivity contribution in [2.75, 3.05) is 38.0 Å². The molecular formula is C22H27N5O4S. The van der Waals surface area contributed by atoms with E-state index in [-0.39, 0.29) is 11.7 Å². The number of carbonyl (C=O) groups excluding carboxylic acids is 1. The number of furan rings is 1. The van der Waals surface area contributed by atoms with Gasteiger partial charge in [0.2, 0.25) is 11.9 Å². The highest BCUT2D eigenvalue weighted by Crippen LogP contribution is 2.28. The summed E-state index contributed by atoms with van der Waals surface area (Å²) in [6.45, 7) is 2.86. The predicted octanol–water partition coefficient (Wildman–Crippen LogP) is 2.95. The first-order valence-electron chi connectivity index (χ1n) is 10.5. The van der Waals surface area contributed by atoms with Crippen LogP contribution in [0.4, 0.5) is 5.95 Å². The largest absolute Gasteiger partial charge is 0.493 e. The van der Waals surface area contributed by atoms with Crippen LogP contribution in [0.15, 0.2) is 46.2 Å². The van der Waals surface area contributed by atoms with Gasteiger partial charge in [-0.25, -0.2) is 0 Å². The van der Waals surface area contributed by atoms with Crippen LogP contribution in [0.25, 0.3) is 0 Å². The summed E-state index contributed by atoms with van der Waals surface area (Å²) in [4.78, 5) is 14.7. The highest BCUT2D eigenvalue weighted by atomic mass is 32.2. The van der Waals surface area contributed by atoms with Gasteiger partial charge < -0.3 is 24.1 Å². The Kier molecular flexibility index (Phi) is 7.21. The normalized spacial score (nSPS) is 13.4. The van der Waals surface area contributed by atoms with Gasteiger partial charge in [-0.1, -0.05) is 17.8 Å². The number of nitrogens with one attached hydrogen (secondary N) is 1. The fourth-order valence-corrected chi connectivity index (χ4v) is 4.37. The summed E-state index contributed by atoms with van der Waals surface area (Å²) in [6.07, 6.45) is 3.95. The summed E-state index contributed by atoms with van der Waals surface area (Å²) in [7, 11) is 3.18. The van der Waals surface area contributed by atoms with E-state index in [1.165, 1.54) is 11.8 Å². The molecule has 1 aromatic carbocycles. The number of hydrogen-bond acceptors (Lipinski definition) is 8. The van der Waals surface area contributed by atoms with Crippen LogP contribution in [0.5, 0.6) is 11.5 Å². The maximum atomic E-state index is 12.5. The molecule has 0 spiro atoms. The lowest BCUT2D eigenvalue weighted by Crippen LogP contribution is -2.25. The van der Waals surface area contributed by atoms with Gasteiger partial charge in [0.25, 0.3) is 0 Å². The van der Waals surface area contributed by atoms with Crippen LogP contribution in [0.2, 0.25) is 0 Å². The number of nitrogens with zero attached hydrogens (tertiary/aromatic N) is 4. The highest BCUT2D eigenvalue weighted by molar-refractivity contribution is 7.99. The number of methoxy groups -OCH3 is 2. The lowest BCUT2D eigenvalue weighted by Gasteiger charge is -2.17. The molecule has 1 saturated heterocycles. The monoisotopic (exact) mass is 457 g/mol. The van der Waals surface area contributed by atoms with Crippen molar-refractivity contribution in [3.8, 4) is 11.5 Å². The number of carbonyl (C=O) groups is 1. The van der Waals surface area contributed by atoms with Crippen LogP contribution in [0, 0.1) is 0 Å². The Labute approximate surface area is 191 Å². The Morgan fingerprint density at radius 3 is 2.69 bits per heavy atom. The van der Waals surface area contributed by atoms with Crippen LogP contribution in [0.1, 0.15) is 24.2 Å². The Morgan fingerprint density at radius 2 is 1.97 bits per heavy atom. The molecule has 1 fully saturated rings. The van der Waals surface area contributed by atoms with Crippen molar-refractivity contribution in [3.63, 3.8) is 0 Å². The average Bonchev–Trinajstić information content (AvgIpc) is 3.59. The molecule has 1 amide bonds. The summed E-state index contributed by atoms with van der Waals surface area (Å²) in [5.74, 6) is 3.10. The molecule has 9 nitrogen and oxygen atoms in total. The third-order valence-corrected chi connectivity index (χ3v) is 6.22. The smallest absolute Gasteiger partial charge is 0.230 e. The molecule has 3 aromatic rings. The van der Waals surface area contributed by atoms with E-state index in [0.29, 0.717) is 29.7 Å².